The molecule has 3 aliphatic rings. The van der Waals surface area contributed by atoms with Crippen LogP contribution in [0.25, 0.3) is 0 Å². The first-order valence-corrected chi connectivity index (χ1v) is 13.9. The molecule has 6 nitrogen and oxygen atoms in total. The molecule has 2 aromatic rings. The number of fused-ring (bicyclic) bond motifs is 2. The summed E-state index contributed by atoms with van der Waals surface area (Å²) in [7, 11) is 1.36. The van der Waals surface area contributed by atoms with E-state index in [-0.39, 0.29) is 24.9 Å². The van der Waals surface area contributed by atoms with Crippen LogP contribution >= 0.6 is 11.3 Å². The maximum atomic E-state index is 14.2. The second kappa shape index (κ2) is 11.6. The summed E-state index contributed by atoms with van der Waals surface area (Å²) in [5.74, 6) is 0.797. The van der Waals surface area contributed by atoms with Gasteiger partial charge < -0.3 is 14.2 Å². The van der Waals surface area contributed by atoms with Gasteiger partial charge in [-0.15, -0.1) is 11.3 Å². The molecule has 0 spiro atoms. The van der Waals surface area contributed by atoms with Gasteiger partial charge in [0.2, 0.25) is 0 Å². The molecule has 2 atom stereocenters. The van der Waals surface area contributed by atoms with Gasteiger partial charge in [-0.05, 0) is 42.6 Å². The minimum atomic E-state index is -4.46. The summed E-state index contributed by atoms with van der Waals surface area (Å²) in [6.45, 7) is 5.99. The van der Waals surface area contributed by atoms with Gasteiger partial charge in [-0.2, -0.15) is 13.2 Å². The van der Waals surface area contributed by atoms with Gasteiger partial charge in [-0.3, -0.25) is 9.69 Å². The highest BCUT2D eigenvalue weighted by atomic mass is 32.1. The molecule has 2 aliphatic heterocycles. The molecule has 0 saturated carbocycles. The predicted molar refractivity (Wildman–Crippen MR) is 142 cm³/mol. The average molecular weight is 561 g/mol. The van der Waals surface area contributed by atoms with Crippen molar-refractivity contribution in [2.45, 2.75) is 56.8 Å². The highest BCUT2D eigenvalue weighted by molar-refractivity contribution is 7.09. The molecule has 0 saturated heterocycles. The van der Waals surface area contributed by atoms with Crippen LogP contribution in [-0.4, -0.2) is 54.9 Å². The van der Waals surface area contributed by atoms with Gasteiger partial charge in [0.15, 0.2) is 0 Å². The number of benzene rings is 1. The van der Waals surface area contributed by atoms with Crippen molar-refractivity contribution >= 4 is 17.3 Å². The highest BCUT2D eigenvalue weighted by Crippen LogP contribution is 2.40. The number of carbonyl (C=O) groups is 1. The molecule has 0 amide bonds. The molecule has 0 radical (unpaired) electrons. The molecule has 1 aromatic heterocycles. The first-order chi connectivity index (χ1) is 18.7. The Bertz CT molecular complexity index is 1300. The van der Waals surface area contributed by atoms with E-state index in [1.54, 1.807) is 29.0 Å². The van der Waals surface area contributed by atoms with Crippen LogP contribution in [0.2, 0.25) is 0 Å². The summed E-state index contributed by atoms with van der Waals surface area (Å²) in [5.41, 5.74) is 4.05. The Balaban J connectivity index is 1.28. The lowest BCUT2D eigenvalue weighted by atomic mass is 9.98. The number of hydrogen-bond acceptors (Lipinski definition) is 7. The number of nitrogens with zero attached hydrogens (tertiary/aromatic N) is 2. The molecule has 10 heteroatoms. The van der Waals surface area contributed by atoms with E-state index < -0.39 is 17.9 Å². The molecule has 1 aromatic carbocycles. The van der Waals surface area contributed by atoms with E-state index in [9.17, 15) is 18.0 Å². The largest absolute Gasteiger partial charge is 0.492 e. The molecular formula is C29H31F3N2O4S. The van der Waals surface area contributed by atoms with Gasteiger partial charge in [-0.1, -0.05) is 18.7 Å². The Morgan fingerprint density at radius 2 is 2.13 bits per heavy atom. The van der Waals surface area contributed by atoms with Crippen molar-refractivity contribution in [3.63, 3.8) is 0 Å². The van der Waals surface area contributed by atoms with Crippen LogP contribution in [0.1, 0.15) is 47.7 Å². The van der Waals surface area contributed by atoms with Crippen LogP contribution in [0.4, 0.5) is 13.2 Å². The number of rotatable bonds is 6. The number of methoxy groups -OCH3 is 1. The van der Waals surface area contributed by atoms with Crippen molar-refractivity contribution in [1.82, 2.24) is 9.88 Å². The number of carbonyl (C=O) groups excluding carboxylic acids is 1. The molecule has 208 valence electrons. The van der Waals surface area contributed by atoms with Crippen LogP contribution in [0, 0.1) is 0 Å². The third-order valence-corrected chi connectivity index (χ3v) is 8.32. The van der Waals surface area contributed by atoms with Crippen LogP contribution in [0.15, 0.2) is 59.2 Å². The molecule has 0 bridgehead atoms. The lowest BCUT2D eigenvalue weighted by Crippen LogP contribution is -2.32. The fourth-order valence-electron chi connectivity index (χ4n) is 5.36. The summed E-state index contributed by atoms with van der Waals surface area (Å²) >= 11 is 1.56. The Labute approximate surface area is 229 Å². The number of aromatic nitrogens is 1. The van der Waals surface area contributed by atoms with Crippen molar-refractivity contribution in [1.29, 1.82) is 0 Å². The lowest BCUT2D eigenvalue weighted by molar-refractivity contribution is -0.141. The fraction of sp³-hybridized carbons (Fsp3) is 0.448. The average Bonchev–Trinajstić information content (AvgIpc) is 3.54. The van der Waals surface area contributed by atoms with Gasteiger partial charge in [0.25, 0.3) is 0 Å². The summed E-state index contributed by atoms with van der Waals surface area (Å²) in [5, 5.41) is 0. The second-order valence-electron chi connectivity index (χ2n) is 10.1. The summed E-state index contributed by atoms with van der Waals surface area (Å²) in [4.78, 5) is 19.3. The fourth-order valence-corrected chi connectivity index (χ4v) is 6.21. The molecule has 3 heterocycles. The number of esters is 1. The van der Waals surface area contributed by atoms with Gasteiger partial charge in [-0.25, -0.2) is 4.98 Å². The number of thiazole rings is 1. The quantitative estimate of drug-likeness (QED) is 0.396. The van der Waals surface area contributed by atoms with Crippen molar-refractivity contribution in [2.75, 3.05) is 26.8 Å². The lowest BCUT2D eigenvalue weighted by Gasteiger charge is -2.28. The third-order valence-electron chi connectivity index (χ3n) is 7.46. The van der Waals surface area contributed by atoms with Crippen molar-refractivity contribution in [3.05, 3.63) is 75.3 Å². The number of alkyl halides is 3. The Hall–Kier alpha value is -3.11. The minimum absolute atomic E-state index is 0.0860. The molecule has 0 unspecified atom stereocenters. The monoisotopic (exact) mass is 560 g/mol. The van der Waals surface area contributed by atoms with Gasteiger partial charge in [0.05, 0.1) is 36.9 Å². The number of ether oxygens (including phenoxy) is 3. The van der Waals surface area contributed by atoms with Crippen LogP contribution in [0.3, 0.4) is 0 Å². The van der Waals surface area contributed by atoms with Crippen LogP contribution in [-0.2, 0) is 22.5 Å². The Morgan fingerprint density at radius 3 is 2.92 bits per heavy atom. The molecule has 39 heavy (non-hydrogen) atoms. The van der Waals surface area contributed by atoms with Crippen molar-refractivity contribution < 1.29 is 32.2 Å². The molecule has 1 aliphatic carbocycles. The Morgan fingerprint density at radius 1 is 1.28 bits per heavy atom. The van der Waals surface area contributed by atoms with Crippen molar-refractivity contribution in [3.8, 4) is 11.5 Å². The van der Waals surface area contributed by atoms with E-state index in [0.717, 1.165) is 28.6 Å². The zero-order valence-electron chi connectivity index (χ0n) is 21.8. The van der Waals surface area contributed by atoms with Crippen molar-refractivity contribution in [2.24, 2.45) is 0 Å². The van der Waals surface area contributed by atoms with E-state index >= 15 is 0 Å². The number of halogens is 3. The predicted octanol–water partition coefficient (Wildman–Crippen LogP) is 6.14. The van der Waals surface area contributed by atoms with Gasteiger partial charge in [0, 0.05) is 48.5 Å². The number of allylic oxidation sites excluding steroid dienone is 2. The third kappa shape index (κ3) is 6.38. The van der Waals surface area contributed by atoms with Crippen LogP contribution < -0.4 is 9.47 Å². The first-order valence-electron chi connectivity index (χ1n) is 13.0. The topological polar surface area (TPSA) is 60.9 Å². The second-order valence-corrected chi connectivity index (χ2v) is 11.0. The summed E-state index contributed by atoms with van der Waals surface area (Å²) in [6.07, 6.45) is 0.0175. The maximum Gasteiger partial charge on any atom is 0.416 e. The van der Waals surface area contributed by atoms with Gasteiger partial charge >= 0.3 is 12.1 Å². The standard InChI is InChI=1S/C29H31F3N2O4S/c1-18-6-9-23(29(30,31)32)19(14-34-11-10-24-27(15-34)39-17-33-24)4-3-5-25(18)38-21-7-8-22-20(12-28(35)36-2)16-37-26(22)13-21/h6-9,13,17,20,25H,1,3-5,10-12,14-16H2,2H3/b9-6-,23-19-/t20-,25-/m1/s1. The van der Waals surface area contributed by atoms with E-state index in [1.165, 1.54) is 13.2 Å². The zero-order valence-corrected chi connectivity index (χ0v) is 22.6. The van der Waals surface area contributed by atoms with Gasteiger partial charge in [0.1, 0.15) is 17.6 Å². The van der Waals surface area contributed by atoms with E-state index in [4.69, 9.17) is 14.2 Å². The number of hydrogen-bond donors (Lipinski definition) is 0. The maximum absolute atomic E-state index is 14.2. The van der Waals surface area contributed by atoms with Crippen LogP contribution in [0.5, 0.6) is 11.5 Å². The van der Waals surface area contributed by atoms with E-state index in [2.05, 4.69) is 16.5 Å². The first kappa shape index (κ1) is 27.5. The molecular weight excluding hydrogens is 529 g/mol. The molecule has 0 N–H and O–H groups in total. The van der Waals surface area contributed by atoms with E-state index in [1.807, 2.05) is 6.07 Å². The van der Waals surface area contributed by atoms with E-state index in [0.29, 0.717) is 61.6 Å². The minimum Gasteiger partial charge on any atom is -0.492 e. The SMILES string of the molecule is C=C1/C=C\C(C(F)(F)F)=C(\CN2CCc3ncsc3C2)CCC[C@H]1Oc1ccc2c(c1)OC[C@H]2CC(=O)OC. The zero-order chi connectivity index (χ0) is 27.6. The molecule has 0 fully saturated rings. The highest BCUT2D eigenvalue weighted by Gasteiger charge is 2.36. The summed E-state index contributed by atoms with van der Waals surface area (Å²) < 4.78 is 59.3. The summed E-state index contributed by atoms with van der Waals surface area (Å²) in [6, 6.07) is 5.44. The smallest absolute Gasteiger partial charge is 0.416 e. The molecule has 5 rings (SSSR count). The Kier molecular flexibility index (Phi) is 8.13. The normalized spacial score (nSPS) is 24.6.